The molecule has 2 aromatic rings. The summed E-state index contributed by atoms with van der Waals surface area (Å²) < 4.78 is 15.4. The minimum atomic E-state index is -0.851. The second kappa shape index (κ2) is 8.05. The average Bonchev–Trinajstić information content (AvgIpc) is 3.10. The molecular formula is C17H19NO5. The van der Waals surface area contributed by atoms with Crippen molar-refractivity contribution in [2.24, 2.45) is 0 Å². The van der Waals surface area contributed by atoms with Crippen LogP contribution in [0.25, 0.3) is 6.08 Å². The molecule has 0 radical (unpaired) electrons. The van der Waals surface area contributed by atoms with E-state index in [1.54, 1.807) is 43.5 Å². The first kappa shape index (κ1) is 16.6. The van der Waals surface area contributed by atoms with Crippen LogP contribution in [0.2, 0.25) is 0 Å². The summed E-state index contributed by atoms with van der Waals surface area (Å²) in [6, 6.07) is 8.57. The smallest absolute Gasteiger partial charge is 0.244 e. The molecule has 1 unspecified atom stereocenters. The topological polar surface area (TPSA) is 80.9 Å². The van der Waals surface area contributed by atoms with Crippen molar-refractivity contribution in [2.75, 3.05) is 20.8 Å². The molecule has 23 heavy (non-hydrogen) atoms. The van der Waals surface area contributed by atoms with Crippen LogP contribution >= 0.6 is 0 Å². The lowest BCUT2D eigenvalue weighted by atomic mass is 10.1. The van der Waals surface area contributed by atoms with Gasteiger partial charge in [-0.25, -0.2) is 0 Å². The third-order valence-electron chi connectivity index (χ3n) is 3.20. The van der Waals surface area contributed by atoms with Gasteiger partial charge in [0.2, 0.25) is 5.91 Å². The first-order valence-electron chi connectivity index (χ1n) is 7.03. The Morgan fingerprint density at radius 1 is 1.30 bits per heavy atom. The minimum absolute atomic E-state index is 0.0802. The van der Waals surface area contributed by atoms with Crippen molar-refractivity contribution < 1.29 is 23.8 Å². The summed E-state index contributed by atoms with van der Waals surface area (Å²) in [5.41, 5.74) is 0.623. The monoisotopic (exact) mass is 317 g/mol. The number of benzene rings is 1. The fraction of sp³-hybridized carbons (Fsp3) is 0.235. The molecule has 1 aromatic carbocycles. The van der Waals surface area contributed by atoms with Crippen molar-refractivity contribution in [3.05, 3.63) is 54.0 Å². The SMILES string of the molecule is COc1ccc(C(O)CNC(=O)/C=C/c2ccco2)cc1OC. The fourth-order valence-corrected chi connectivity index (χ4v) is 1.98. The Balaban J connectivity index is 1.91. The first-order valence-corrected chi connectivity index (χ1v) is 7.03. The Bertz CT molecular complexity index is 664. The summed E-state index contributed by atoms with van der Waals surface area (Å²) in [5, 5.41) is 12.8. The van der Waals surface area contributed by atoms with Gasteiger partial charge < -0.3 is 24.3 Å². The molecule has 2 rings (SSSR count). The van der Waals surface area contributed by atoms with Gasteiger partial charge in [-0.2, -0.15) is 0 Å². The molecule has 0 spiro atoms. The highest BCUT2D eigenvalue weighted by atomic mass is 16.5. The van der Waals surface area contributed by atoms with Gasteiger partial charge in [0.25, 0.3) is 0 Å². The van der Waals surface area contributed by atoms with Crippen molar-refractivity contribution in [3.8, 4) is 11.5 Å². The van der Waals surface area contributed by atoms with Gasteiger partial charge in [0.15, 0.2) is 11.5 Å². The minimum Gasteiger partial charge on any atom is -0.493 e. The molecular weight excluding hydrogens is 298 g/mol. The lowest BCUT2D eigenvalue weighted by Gasteiger charge is -2.14. The van der Waals surface area contributed by atoms with E-state index in [0.717, 1.165) is 0 Å². The molecule has 0 fully saturated rings. The molecule has 2 N–H and O–H groups in total. The molecule has 0 aliphatic rings. The van der Waals surface area contributed by atoms with Crippen LogP contribution in [0.3, 0.4) is 0 Å². The molecule has 1 heterocycles. The van der Waals surface area contributed by atoms with Crippen LogP contribution in [0.1, 0.15) is 17.4 Å². The Labute approximate surface area is 134 Å². The quantitative estimate of drug-likeness (QED) is 0.765. The predicted octanol–water partition coefficient (Wildman–Crippen LogP) is 2.16. The Kier molecular flexibility index (Phi) is 5.82. The van der Waals surface area contributed by atoms with Crippen LogP contribution < -0.4 is 14.8 Å². The van der Waals surface area contributed by atoms with Gasteiger partial charge in [0.05, 0.1) is 26.6 Å². The molecule has 0 aliphatic carbocycles. The molecule has 0 saturated carbocycles. The number of aliphatic hydroxyl groups is 1. The number of hydrogen-bond donors (Lipinski definition) is 2. The van der Waals surface area contributed by atoms with Crippen molar-refractivity contribution in [2.45, 2.75) is 6.10 Å². The number of hydrogen-bond acceptors (Lipinski definition) is 5. The molecule has 1 atom stereocenters. The molecule has 6 heteroatoms. The molecule has 0 saturated heterocycles. The molecule has 1 aromatic heterocycles. The maximum Gasteiger partial charge on any atom is 0.244 e. The fourth-order valence-electron chi connectivity index (χ4n) is 1.98. The first-order chi connectivity index (χ1) is 11.1. The largest absolute Gasteiger partial charge is 0.493 e. The highest BCUT2D eigenvalue weighted by Crippen LogP contribution is 2.29. The normalized spacial score (nSPS) is 12.1. The van der Waals surface area contributed by atoms with Gasteiger partial charge in [0, 0.05) is 12.6 Å². The van der Waals surface area contributed by atoms with Crippen molar-refractivity contribution in [1.29, 1.82) is 0 Å². The number of aliphatic hydroxyl groups excluding tert-OH is 1. The molecule has 1 amide bonds. The summed E-state index contributed by atoms with van der Waals surface area (Å²) in [4.78, 5) is 11.7. The van der Waals surface area contributed by atoms with Crippen LogP contribution in [-0.2, 0) is 4.79 Å². The highest BCUT2D eigenvalue weighted by Gasteiger charge is 2.12. The van der Waals surface area contributed by atoms with Gasteiger partial charge >= 0.3 is 0 Å². The Morgan fingerprint density at radius 2 is 2.09 bits per heavy atom. The van der Waals surface area contributed by atoms with Gasteiger partial charge in [-0.3, -0.25) is 4.79 Å². The van der Waals surface area contributed by atoms with E-state index >= 15 is 0 Å². The van der Waals surface area contributed by atoms with E-state index in [4.69, 9.17) is 13.9 Å². The second-order valence-corrected chi connectivity index (χ2v) is 4.72. The van der Waals surface area contributed by atoms with E-state index in [2.05, 4.69) is 5.32 Å². The van der Waals surface area contributed by atoms with Crippen LogP contribution in [0, 0.1) is 0 Å². The van der Waals surface area contributed by atoms with Crippen LogP contribution in [0.4, 0.5) is 0 Å². The maximum atomic E-state index is 11.7. The average molecular weight is 317 g/mol. The van der Waals surface area contributed by atoms with Gasteiger partial charge in [0.1, 0.15) is 5.76 Å². The van der Waals surface area contributed by atoms with E-state index in [9.17, 15) is 9.90 Å². The third-order valence-corrected chi connectivity index (χ3v) is 3.20. The van der Waals surface area contributed by atoms with Crippen molar-refractivity contribution >= 4 is 12.0 Å². The zero-order valence-corrected chi connectivity index (χ0v) is 13.0. The summed E-state index contributed by atoms with van der Waals surface area (Å²) >= 11 is 0. The molecule has 0 aliphatic heterocycles. The molecule has 6 nitrogen and oxygen atoms in total. The number of carbonyl (C=O) groups excluding carboxylic acids is 1. The van der Waals surface area contributed by atoms with Gasteiger partial charge in [-0.05, 0) is 35.9 Å². The Morgan fingerprint density at radius 3 is 2.74 bits per heavy atom. The second-order valence-electron chi connectivity index (χ2n) is 4.72. The zero-order chi connectivity index (χ0) is 16.7. The van der Waals surface area contributed by atoms with Crippen molar-refractivity contribution in [1.82, 2.24) is 5.32 Å². The Hall–Kier alpha value is -2.73. The van der Waals surface area contributed by atoms with Crippen LogP contribution in [-0.4, -0.2) is 31.8 Å². The predicted molar refractivity (Wildman–Crippen MR) is 85.3 cm³/mol. The summed E-state index contributed by atoms with van der Waals surface area (Å²) in [5.74, 6) is 1.36. The highest BCUT2D eigenvalue weighted by molar-refractivity contribution is 5.91. The van der Waals surface area contributed by atoms with Gasteiger partial charge in [-0.15, -0.1) is 0 Å². The van der Waals surface area contributed by atoms with E-state index in [-0.39, 0.29) is 12.5 Å². The number of amides is 1. The van der Waals surface area contributed by atoms with Crippen molar-refractivity contribution in [3.63, 3.8) is 0 Å². The number of nitrogens with one attached hydrogen (secondary N) is 1. The summed E-state index contributed by atoms with van der Waals surface area (Å²) in [6.07, 6.45) is 3.58. The standard InChI is InChI=1S/C17H19NO5/c1-21-15-7-5-12(10-16(15)22-2)14(19)11-18-17(20)8-6-13-4-3-9-23-13/h3-10,14,19H,11H2,1-2H3,(H,18,20)/b8-6+. The van der Waals surface area contributed by atoms with Gasteiger partial charge in [-0.1, -0.05) is 6.07 Å². The number of carbonyl (C=O) groups is 1. The number of methoxy groups -OCH3 is 2. The summed E-state index contributed by atoms with van der Waals surface area (Å²) in [6.45, 7) is 0.0802. The lowest BCUT2D eigenvalue weighted by molar-refractivity contribution is -0.116. The van der Waals surface area contributed by atoms with E-state index in [0.29, 0.717) is 22.8 Å². The number of rotatable bonds is 7. The zero-order valence-electron chi connectivity index (χ0n) is 13.0. The molecule has 0 bridgehead atoms. The molecule has 122 valence electrons. The van der Waals surface area contributed by atoms with Crippen LogP contribution in [0.5, 0.6) is 11.5 Å². The maximum absolute atomic E-state index is 11.7. The van der Waals surface area contributed by atoms with E-state index < -0.39 is 6.10 Å². The van der Waals surface area contributed by atoms with E-state index in [1.807, 2.05) is 0 Å². The third kappa shape index (κ3) is 4.62. The number of furan rings is 1. The number of ether oxygens (including phenoxy) is 2. The van der Waals surface area contributed by atoms with E-state index in [1.165, 1.54) is 19.4 Å². The van der Waals surface area contributed by atoms with Crippen LogP contribution in [0.15, 0.2) is 47.1 Å². The summed E-state index contributed by atoms with van der Waals surface area (Å²) in [7, 11) is 3.06. The lowest BCUT2D eigenvalue weighted by Crippen LogP contribution is -2.26.